The molecule has 1 heterocycles. The SMILES string of the molecule is CC[SiH](C)N1CC(C)[Si]1(C)CC. The maximum atomic E-state index is 2.94. The second-order valence-electron chi connectivity index (χ2n) is 4.52. The van der Waals surface area contributed by atoms with Crippen LogP contribution in [0.4, 0.5) is 0 Å². The predicted molar refractivity (Wildman–Crippen MR) is 61.7 cm³/mol. The van der Waals surface area contributed by atoms with Crippen LogP contribution in [0.3, 0.4) is 0 Å². The highest BCUT2D eigenvalue weighted by molar-refractivity contribution is 6.88. The van der Waals surface area contributed by atoms with Gasteiger partial charge < -0.3 is 4.23 Å². The zero-order valence-electron chi connectivity index (χ0n) is 9.22. The molecule has 0 amide bonds. The molecule has 1 rings (SSSR count). The lowest BCUT2D eigenvalue weighted by Crippen LogP contribution is -2.69. The van der Waals surface area contributed by atoms with Crippen LogP contribution in [0.5, 0.6) is 0 Å². The Hall–Kier alpha value is 0.394. The van der Waals surface area contributed by atoms with Crippen LogP contribution in [0.2, 0.25) is 30.7 Å². The Morgan fingerprint density at radius 2 is 2.08 bits per heavy atom. The normalized spacial score (nSPS) is 39.2. The van der Waals surface area contributed by atoms with Gasteiger partial charge in [0.2, 0.25) is 0 Å². The molecule has 0 N–H and O–H groups in total. The summed E-state index contributed by atoms with van der Waals surface area (Å²) in [5.41, 5.74) is 1.06. The van der Waals surface area contributed by atoms with Crippen molar-refractivity contribution in [2.45, 2.75) is 51.5 Å². The Morgan fingerprint density at radius 1 is 1.50 bits per heavy atom. The van der Waals surface area contributed by atoms with Gasteiger partial charge in [-0.1, -0.05) is 39.9 Å². The van der Waals surface area contributed by atoms with Crippen LogP contribution in [0.1, 0.15) is 20.8 Å². The van der Waals surface area contributed by atoms with Crippen molar-refractivity contribution >= 4 is 17.2 Å². The third-order valence-corrected chi connectivity index (χ3v) is 14.8. The molecule has 0 bridgehead atoms. The van der Waals surface area contributed by atoms with Crippen LogP contribution in [0.25, 0.3) is 0 Å². The highest BCUT2D eigenvalue weighted by Crippen LogP contribution is 2.40. The first-order valence-electron chi connectivity index (χ1n) is 5.33. The van der Waals surface area contributed by atoms with E-state index in [2.05, 4.69) is 38.1 Å². The van der Waals surface area contributed by atoms with E-state index in [1.165, 1.54) is 18.6 Å². The Kier molecular flexibility index (Phi) is 3.18. The van der Waals surface area contributed by atoms with Crippen molar-refractivity contribution in [1.82, 2.24) is 4.23 Å². The Morgan fingerprint density at radius 3 is 2.42 bits per heavy atom. The predicted octanol–water partition coefficient (Wildman–Crippen LogP) is 2.66. The van der Waals surface area contributed by atoms with Gasteiger partial charge in [-0.3, -0.25) is 0 Å². The molecule has 0 aromatic carbocycles. The molecule has 1 nitrogen and oxygen atoms in total. The Balaban J connectivity index is 2.59. The van der Waals surface area contributed by atoms with Crippen molar-refractivity contribution in [2.75, 3.05) is 6.54 Å². The maximum Gasteiger partial charge on any atom is 0.122 e. The smallest absolute Gasteiger partial charge is 0.122 e. The monoisotopic (exact) mass is 201 g/mol. The standard InChI is InChI=1S/C9H23NSi2/c1-6-11(4)10-8-9(3)12(10,5)7-2/h9,11H,6-8H2,1-5H3. The third-order valence-electron chi connectivity index (χ3n) is 4.03. The van der Waals surface area contributed by atoms with Crippen molar-refractivity contribution in [3.05, 3.63) is 0 Å². The van der Waals surface area contributed by atoms with Crippen molar-refractivity contribution in [2.24, 2.45) is 0 Å². The fourth-order valence-electron chi connectivity index (χ4n) is 2.33. The summed E-state index contributed by atoms with van der Waals surface area (Å²) in [4.78, 5) is 0. The minimum Gasteiger partial charge on any atom is -0.347 e. The molecule has 12 heavy (non-hydrogen) atoms. The summed E-state index contributed by atoms with van der Waals surface area (Å²) in [5.74, 6) is 0. The average Bonchev–Trinajstić information content (AvgIpc) is 2.11. The third kappa shape index (κ3) is 1.42. The average molecular weight is 201 g/mol. The number of hydrogen-bond acceptors (Lipinski definition) is 1. The highest BCUT2D eigenvalue weighted by atomic mass is 28.4. The van der Waals surface area contributed by atoms with Gasteiger partial charge in [-0.2, -0.15) is 0 Å². The molecule has 72 valence electrons. The van der Waals surface area contributed by atoms with E-state index < -0.39 is 17.2 Å². The molecule has 0 aromatic rings. The second kappa shape index (κ2) is 3.64. The second-order valence-corrected chi connectivity index (χ2v) is 13.2. The van der Waals surface area contributed by atoms with E-state index in [-0.39, 0.29) is 0 Å². The van der Waals surface area contributed by atoms with Crippen molar-refractivity contribution in [1.29, 1.82) is 0 Å². The summed E-state index contributed by atoms with van der Waals surface area (Å²) in [6.07, 6.45) is 0. The van der Waals surface area contributed by atoms with Gasteiger partial charge in [-0.15, -0.1) is 0 Å². The molecular formula is C9H23NSi2. The lowest BCUT2D eigenvalue weighted by atomic mass is 10.5. The Labute approximate surface area is 79.9 Å². The van der Waals surface area contributed by atoms with Crippen LogP contribution in [-0.4, -0.2) is 28.0 Å². The summed E-state index contributed by atoms with van der Waals surface area (Å²) < 4.78 is 2.94. The molecule has 0 radical (unpaired) electrons. The number of rotatable bonds is 3. The minimum absolute atomic E-state index is 0.475. The zero-order chi connectivity index (χ0) is 9.35. The first-order chi connectivity index (χ1) is 5.56. The summed E-state index contributed by atoms with van der Waals surface area (Å²) >= 11 is 0. The van der Waals surface area contributed by atoms with E-state index in [1.807, 2.05) is 0 Å². The van der Waals surface area contributed by atoms with E-state index in [1.54, 1.807) is 0 Å². The summed E-state index contributed by atoms with van der Waals surface area (Å²) in [6, 6.07) is 2.92. The van der Waals surface area contributed by atoms with Crippen molar-refractivity contribution < 1.29 is 0 Å². The molecular weight excluding hydrogens is 178 g/mol. The quantitative estimate of drug-likeness (QED) is 0.635. The fourth-order valence-corrected chi connectivity index (χ4v) is 12.2. The molecule has 3 atom stereocenters. The highest BCUT2D eigenvalue weighted by Gasteiger charge is 2.49. The van der Waals surface area contributed by atoms with Gasteiger partial charge in [0.15, 0.2) is 0 Å². The number of hydrogen-bond donors (Lipinski definition) is 0. The Bertz CT molecular complexity index is 163. The van der Waals surface area contributed by atoms with Gasteiger partial charge in [-0.25, -0.2) is 0 Å². The molecule has 0 aliphatic carbocycles. The first kappa shape index (κ1) is 10.5. The van der Waals surface area contributed by atoms with E-state index in [0.29, 0.717) is 0 Å². The summed E-state index contributed by atoms with van der Waals surface area (Å²) in [6.45, 7) is 13.8. The minimum atomic E-state index is -0.893. The van der Waals surface area contributed by atoms with Gasteiger partial charge in [-0.05, 0) is 18.1 Å². The summed E-state index contributed by atoms with van der Waals surface area (Å²) in [5, 5.41) is 0. The molecule has 1 saturated heterocycles. The molecule has 3 unspecified atom stereocenters. The van der Waals surface area contributed by atoms with Crippen molar-refractivity contribution in [3.63, 3.8) is 0 Å². The fraction of sp³-hybridized carbons (Fsp3) is 1.00. The lowest BCUT2D eigenvalue weighted by Gasteiger charge is -2.57. The van der Waals surface area contributed by atoms with Crippen LogP contribution >= 0.6 is 0 Å². The van der Waals surface area contributed by atoms with Gasteiger partial charge >= 0.3 is 0 Å². The first-order valence-corrected chi connectivity index (χ1v) is 10.5. The summed E-state index contributed by atoms with van der Waals surface area (Å²) in [7, 11) is -1.37. The van der Waals surface area contributed by atoms with E-state index in [4.69, 9.17) is 0 Å². The van der Waals surface area contributed by atoms with Crippen molar-refractivity contribution in [3.8, 4) is 0 Å². The van der Waals surface area contributed by atoms with Gasteiger partial charge in [0.1, 0.15) is 17.2 Å². The van der Waals surface area contributed by atoms with Crippen LogP contribution < -0.4 is 0 Å². The van der Waals surface area contributed by atoms with Crippen LogP contribution in [-0.2, 0) is 0 Å². The molecule has 0 saturated carbocycles. The molecule has 0 spiro atoms. The van der Waals surface area contributed by atoms with Crippen LogP contribution in [0.15, 0.2) is 0 Å². The largest absolute Gasteiger partial charge is 0.347 e. The topological polar surface area (TPSA) is 3.24 Å². The molecule has 1 aliphatic rings. The van der Waals surface area contributed by atoms with Gasteiger partial charge in [0.05, 0.1) is 0 Å². The molecule has 3 heteroatoms. The van der Waals surface area contributed by atoms with Crippen LogP contribution in [0, 0.1) is 0 Å². The zero-order valence-corrected chi connectivity index (χ0v) is 11.4. The molecule has 1 fully saturated rings. The molecule has 0 aromatic heterocycles. The van der Waals surface area contributed by atoms with Gasteiger partial charge in [0, 0.05) is 0 Å². The van der Waals surface area contributed by atoms with Gasteiger partial charge in [0.25, 0.3) is 0 Å². The maximum absolute atomic E-state index is 2.94. The lowest BCUT2D eigenvalue weighted by molar-refractivity contribution is 0.485. The van der Waals surface area contributed by atoms with E-state index >= 15 is 0 Å². The number of nitrogens with zero attached hydrogens (tertiary/aromatic N) is 1. The molecule has 1 aliphatic heterocycles. The van der Waals surface area contributed by atoms with E-state index in [9.17, 15) is 0 Å². The van der Waals surface area contributed by atoms with E-state index in [0.717, 1.165) is 5.54 Å².